The van der Waals surface area contributed by atoms with Crippen molar-refractivity contribution in [1.29, 1.82) is 0 Å². The monoisotopic (exact) mass is 285 g/mol. The fourth-order valence-corrected chi connectivity index (χ4v) is 1.67. The molecule has 0 saturated carbocycles. The molecule has 0 heterocycles. The van der Waals surface area contributed by atoms with E-state index in [2.05, 4.69) is 0 Å². The number of carbonyl (C=O) groups excluding carboxylic acids is 1. The Morgan fingerprint density at radius 1 is 1.32 bits per heavy atom. The van der Waals surface area contributed by atoms with Crippen molar-refractivity contribution in [1.82, 2.24) is 9.80 Å². The lowest BCUT2D eigenvalue weighted by Crippen LogP contribution is -2.33. The first kappa shape index (κ1) is 15.4. The summed E-state index contributed by atoms with van der Waals surface area (Å²) in [5, 5.41) is 11.2. The number of hydrogen-bond donors (Lipinski definition) is 0. The number of rotatable bonds is 5. The predicted octanol–water partition coefficient (Wildman–Crippen LogP) is 1.88. The Morgan fingerprint density at radius 2 is 1.95 bits per heavy atom. The summed E-state index contributed by atoms with van der Waals surface area (Å²) < 4.78 is 0. The zero-order valence-electron chi connectivity index (χ0n) is 11.1. The molecule has 1 rings (SSSR count). The van der Waals surface area contributed by atoms with Gasteiger partial charge in [0.1, 0.15) is 5.56 Å². The van der Waals surface area contributed by atoms with E-state index >= 15 is 0 Å². The molecule has 0 bridgehead atoms. The summed E-state index contributed by atoms with van der Waals surface area (Å²) in [6, 6.07) is 3.97. The summed E-state index contributed by atoms with van der Waals surface area (Å²) in [7, 11) is 5.39. The van der Waals surface area contributed by atoms with E-state index in [0.29, 0.717) is 18.1 Å². The molecule has 104 valence electrons. The molecule has 0 aliphatic carbocycles. The standard InChI is InChI=1S/C12H16ClN3O3/c1-14(2)6-7-15(3)12(17)10-8-9(13)4-5-11(10)16(18)19/h4-5,8H,6-7H2,1-3H3. The van der Waals surface area contributed by atoms with Crippen LogP contribution < -0.4 is 0 Å². The van der Waals surface area contributed by atoms with Crippen molar-refractivity contribution in [2.24, 2.45) is 0 Å². The van der Waals surface area contributed by atoms with Gasteiger partial charge in [-0.3, -0.25) is 14.9 Å². The van der Waals surface area contributed by atoms with E-state index in [0.717, 1.165) is 0 Å². The number of amides is 1. The number of carbonyl (C=O) groups is 1. The van der Waals surface area contributed by atoms with E-state index in [4.69, 9.17) is 11.6 Å². The Labute approximate surface area is 116 Å². The van der Waals surface area contributed by atoms with Crippen molar-refractivity contribution in [2.75, 3.05) is 34.2 Å². The fourth-order valence-electron chi connectivity index (χ4n) is 1.50. The predicted molar refractivity (Wildman–Crippen MR) is 73.6 cm³/mol. The van der Waals surface area contributed by atoms with E-state index in [9.17, 15) is 14.9 Å². The Morgan fingerprint density at radius 3 is 2.47 bits per heavy atom. The Hall–Kier alpha value is -1.66. The summed E-state index contributed by atoms with van der Waals surface area (Å²) in [4.78, 5) is 25.9. The van der Waals surface area contributed by atoms with Gasteiger partial charge in [-0.25, -0.2) is 0 Å². The molecule has 1 aromatic rings. The zero-order chi connectivity index (χ0) is 14.6. The van der Waals surface area contributed by atoms with Crippen molar-refractivity contribution in [3.8, 4) is 0 Å². The lowest BCUT2D eigenvalue weighted by atomic mass is 10.1. The molecule has 0 aliphatic heterocycles. The highest BCUT2D eigenvalue weighted by Crippen LogP contribution is 2.23. The molecule has 6 nitrogen and oxygen atoms in total. The normalized spacial score (nSPS) is 10.6. The molecule has 19 heavy (non-hydrogen) atoms. The topological polar surface area (TPSA) is 66.7 Å². The molecule has 0 unspecified atom stereocenters. The van der Waals surface area contributed by atoms with Gasteiger partial charge in [0.2, 0.25) is 0 Å². The van der Waals surface area contributed by atoms with Crippen molar-refractivity contribution in [3.63, 3.8) is 0 Å². The maximum atomic E-state index is 12.2. The van der Waals surface area contributed by atoms with Crippen molar-refractivity contribution >= 4 is 23.2 Å². The van der Waals surface area contributed by atoms with Crippen molar-refractivity contribution in [3.05, 3.63) is 38.9 Å². The van der Waals surface area contributed by atoms with Gasteiger partial charge in [0, 0.05) is 31.2 Å². The molecule has 0 spiro atoms. The summed E-state index contributed by atoms with van der Waals surface area (Å²) >= 11 is 5.80. The largest absolute Gasteiger partial charge is 0.340 e. The summed E-state index contributed by atoms with van der Waals surface area (Å²) in [5.41, 5.74) is -0.218. The van der Waals surface area contributed by atoms with Gasteiger partial charge in [-0.2, -0.15) is 0 Å². The number of likely N-dealkylation sites (N-methyl/N-ethyl adjacent to an activating group) is 2. The molecular weight excluding hydrogens is 270 g/mol. The van der Waals surface area contributed by atoms with E-state index in [1.54, 1.807) is 7.05 Å². The van der Waals surface area contributed by atoms with Crippen LogP contribution >= 0.6 is 11.6 Å². The minimum atomic E-state index is -0.580. The average Bonchev–Trinajstić information content (AvgIpc) is 2.34. The van der Waals surface area contributed by atoms with Crippen LogP contribution in [0.15, 0.2) is 18.2 Å². The molecule has 1 amide bonds. The van der Waals surface area contributed by atoms with Gasteiger partial charge in [-0.05, 0) is 26.2 Å². The smallest absolute Gasteiger partial charge is 0.282 e. The maximum absolute atomic E-state index is 12.2. The highest BCUT2D eigenvalue weighted by atomic mass is 35.5. The van der Waals surface area contributed by atoms with E-state index in [1.165, 1.54) is 23.1 Å². The Kier molecular flexibility index (Phi) is 5.26. The van der Waals surface area contributed by atoms with E-state index < -0.39 is 10.8 Å². The second-order valence-corrected chi connectivity index (χ2v) is 4.89. The number of nitro groups is 1. The number of benzene rings is 1. The van der Waals surface area contributed by atoms with Gasteiger partial charge in [-0.1, -0.05) is 11.6 Å². The van der Waals surface area contributed by atoms with Crippen LogP contribution in [0, 0.1) is 10.1 Å². The fraction of sp³-hybridized carbons (Fsp3) is 0.417. The molecule has 0 aliphatic rings. The third kappa shape index (κ3) is 4.18. The van der Waals surface area contributed by atoms with Gasteiger partial charge >= 0.3 is 0 Å². The minimum Gasteiger partial charge on any atom is -0.340 e. The molecule has 7 heteroatoms. The van der Waals surface area contributed by atoms with Crippen LogP contribution in [0.25, 0.3) is 0 Å². The minimum absolute atomic E-state index is 0.0127. The molecule has 0 saturated heterocycles. The molecule has 0 radical (unpaired) electrons. The van der Waals surface area contributed by atoms with E-state index in [-0.39, 0.29) is 11.3 Å². The molecule has 0 N–H and O–H groups in total. The van der Waals surface area contributed by atoms with E-state index in [1.807, 2.05) is 19.0 Å². The third-order valence-corrected chi connectivity index (χ3v) is 2.85. The Balaban J connectivity index is 2.98. The number of nitrogens with zero attached hydrogens (tertiary/aromatic N) is 3. The maximum Gasteiger partial charge on any atom is 0.282 e. The average molecular weight is 286 g/mol. The van der Waals surface area contributed by atoms with Gasteiger partial charge in [-0.15, -0.1) is 0 Å². The van der Waals surface area contributed by atoms with Crippen LogP contribution in [0.3, 0.4) is 0 Å². The first-order valence-electron chi connectivity index (χ1n) is 5.67. The summed E-state index contributed by atoms with van der Waals surface area (Å²) in [6.07, 6.45) is 0. The Bertz CT molecular complexity index is 491. The highest BCUT2D eigenvalue weighted by Gasteiger charge is 2.23. The molecular formula is C12H16ClN3O3. The van der Waals surface area contributed by atoms with Gasteiger partial charge in [0.05, 0.1) is 4.92 Å². The number of halogens is 1. The zero-order valence-corrected chi connectivity index (χ0v) is 11.8. The van der Waals surface area contributed by atoms with Crippen LogP contribution in [0.4, 0.5) is 5.69 Å². The summed E-state index contributed by atoms with van der Waals surface area (Å²) in [6.45, 7) is 1.16. The number of nitro benzene ring substituents is 1. The van der Waals surface area contributed by atoms with Crippen molar-refractivity contribution in [2.45, 2.75) is 0 Å². The lowest BCUT2D eigenvalue weighted by molar-refractivity contribution is -0.385. The first-order valence-corrected chi connectivity index (χ1v) is 6.05. The first-order chi connectivity index (χ1) is 8.82. The van der Waals surface area contributed by atoms with Crippen LogP contribution in [0.2, 0.25) is 5.02 Å². The SMILES string of the molecule is CN(C)CCN(C)C(=O)c1cc(Cl)ccc1[N+](=O)[O-]. The van der Waals surface area contributed by atoms with Crippen molar-refractivity contribution < 1.29 is 9.72 Å². The quantitative estimate of drug-likeness (QED) is 0.612. The van der Waals surface area contributed by atoms with Gasteiger partial charge in [0.25, 0.3) is 11.6 Å². The van der Waals surface area contributed by atoms with Gasteiger partial charge in [0.15, 0.2) is 0 Å². The number of hydrogen-bond acceptors (Lipinski definition) is 4. The summed E-state index contributed by atoms with van der Waals surface area (Å²) in [5.74, 6) is -0.406. The molecule has 0 atom stereocenters. The second-order valence-electron chi connectivity index (χ2n) is 4.45. The van der Waals surface area contributed by atoms with Crippen LogP contribution in [-0.2, 0) is 0 Å². The molecule has 1 aromatic carbocycles. The van der Waals surface area contributed by atoms with Crippen LogP contribution in [0.1, 0.15) is 10.4 Å². The molecule has 0 aromatic heterocycles. The second kappa shape index (κ2) is 6.49. The van der Waals surface area contributed by atoms with Gasteiger partial charge < -0.3 is 9.80 Å². The lowest BCUT2D eigenvalue weighted by Gasteiger charge is -2.19. The third-order valence-electron chi connectivity index (χ3n) is 2.62. The highest BCUT2D eigenvalue weighted by molar-refractivity contribution is 6.31. The molecule has 0 fully saturated rings. The van der Waals surface area contributed by atoms with Crippen LogP contribution in [-0.4, -0.2) is 54.9 Å². The van der Waals surface area contributed by atoms with Crippen LogP contribution in [0.5, 0.6) is 0 Å².